The van der Waals surface area contributed by atoms with Crippen LogP contribution >= 0.6 is 0 Å². The number of hydroxylamine groups is 2. The number of rotatable bonds is 5. The molecular weight excluding hydrogens is 270 g/mol. The van der Waals surface area contributed by atoms with Gasteiger partial charge in [-0.15, -0.1) is 5.06 Å². The highest BCUT2D eigenvalue weighted by Gasteiger charge is 2.32. The molecule has 2 amide bonds. The second-order valence-corrected chi connectivity index (χ2v) is 6.78. The lowest BCUT2D eigenvalue weighted by Crippen LogP contribution is -2.32. The van der Waals surface area contributed by atoms with Crippen LogP contribution in [-0.2, 0) is 43.4 Å². The van der Waals surface area contributed by atoms with Crippen molar-refractivity contribution in [3.05, 3.63) is 0 Å². The molecule has 0 aromatic carbocycles. The quantitative estimate of drug-likeness (QED) is 0.615. The Balaban J connectivity index is 2.35. The molecule has 1 unspecified atom stereocenters. The predicted octanol–water partition coefficient (Wildman–Crippen LogP) is -0.709. The Bertz CT molecular complexity index is 427. The van der Waals surface area contributed by atoms with Crippen molar-refractivity contribution in [3.63, 3.8) is 0 Å². The molecule has 0 radical (unpaired) electrons. The van der Waals surface area contributed by atoms with Crippen LogP contribution in [0.5, 0.6) is 0 Å². The molecule has 0 aromatic heterocycles. The Morgan fingerprint density at radius 3 is 2.41 bits per heavy atom. The average molecular weight is 281 g/mol. The molecule has 1 heterocycles. The van der Waals surface area contributed by atoms with Gasteiger partial charge in [-0.05, 0) is 0 Å². The third kappa shape index (κ3) is 4.75. The topological polar surface area (TPSA) is 90.0 Å². The first-order valence-electron chi connectivity index (χ1n) is 4.70. The van der Waals surface area contributed by atoms with E-state index in [2.05, 4.69) is 20.2 Å². The summed E-state index contributed by atoms with van der Waals surface area (Å²) >= 11 is 4.45. The molecular formula is C8H11NO6S2. The number of carbonyl (C=O) groups is 3. The zero-order chi connectivity index (χ0) is 13.1. The highest BCUT2D eigenvalue weighted by atomic mass is 32.8. The van der Waals surface area contributed by atoms with Crippen LogP contribution in [0.25, 0.3) is 0 Å². The summed E-state index contributed by atoms with van der Waals surface area (Å²) < 4.78 is 15.6. The fourth-order valence-corrected chi connectivity index (χ4v) is 1.67. The lowest BCUT2D eigenvalue weighted by molar-refractivity contribution is -0.197. The van der Waals surface area contributed by atoms with Crippen LogP contribution in [0, 0.1) is 0 Å². The molecule has 17 heavy (non-hydrogen) atoms. The van der Waals surface area contributed by atoms with Gasteiger partial charge < -0.3 is 4.84 Å². The summed E-state index contributed by atoms with van der Waals surface area (Å²) in [5, 5.41) is 0.444. The number of imide groups is 1. The number of amides is 2. The molecule has 0 bridgehead atoms. The summed E-state index contributed by atoms with van der Waals surface area (Å²) in [5.74, 6) is -1.91. The summed E-state index contributed by atoms with van der Waals surface area (Å²) in [5.41, 5.74) is 0. The Hall–Kier alpha value is -1.06. The molecule has 96 valence electrons. The van der Waals surface area contributed by atoms with Crippen LogP contribution in [0.3, 0.4) is 0 Å². The Morgan fingerprint density at radius 2 is 1.94 bits per heavy atom. The zero-order valence-corrected chi connectivity index (χ0v) is 10.7. The molecule has 1 aliphatic rings. The van der Waals surface area contributed by atoms with Gasteiger partial charge in [-0.25, -0.2) is 9.00 Å². The van der Waals surface area contributed by atoms with Crippen molar-refractivity contribution in [2.75, 3.05) is 12.9 Å². The standard InChI is InChI=1S/C8H11NO6S2/c1-17(13,16)14-5-4-8(12)15-9-6(10)2-3-7(9)11/h2-5H2,1H3. The summed E-state index contributed by atoms with van der Waals surface area (Å²) in [4.78, 5) is 37.9. The normalized spacial score (nSPS) is 19.2. The Kier molecular flexibility index (Phi) is 4.54. The fraction of sp³-hybridized carbons (Fsp3) is 0.625. The van der Waals surface area contributed by atoms with Crippen molar-refractivity contribution in [2.45, 2.75) is 19.3 Å². The van der Waals surface area contributed by atoms with Crippen LogP contribution < -0.4 is 0 Å². The van der Waals surface area contributed by atoms with Gasteiger partial charge in [0.15, 0.2) is 0 Å². The first-order chi connectivity index (χ1) is 7.79. The summed E-state index contributed by atoms with van der Waals surface area (Å²) in [6.07, 6.45) is 1.05. The molecule has 1 fully saturated rings. The molecule has 0 saturated carbocycles. The molecule has 0 aliphatic carbocycles. The third-order valence-corrected chi connectivity index (χ3v) is 2.69. The van der Waals surface area contributed by atoms with E-state index in [1.54, 1.807) is 0 Å². The maximum Gasteiger partial charge on any atom is 0.335 e. The second kappa shape index (κ2) is 5.52. The molecule has 7 nitrogen and oxygen atoms in total. The Morgan fingerprint density at radius 1 is 1.41 bits per heavy atom. The van der Waals surface area contributed by atoms with Gasteiger partial charge in [0.2, 0.25) is 0 Å². The van der Waals surface area contributed by atoms with Crippen molar-refractivity contribution in [3.8, 4) is 0 Å². The van der Waals surface area contributed by atoms with Gasteiger partial charge in [0.05, 0.1) is 13.0 Å². The zero-order valence-electron chi connectivity index (χ0n) is 9.04. The molecule has 1 atom stereocenters. The minimum atomic E-state index is -2.79. The smallest absolute Gasteiger partial charge is 0.330 e. The maximum absolute atomic E-state index is 11.2. The number of hydrogen-bond acceptors (Lipinski definition) is 7. The van der Waals surface area contributed by atoms with E-state index in [9.17, 15) is 18.6 Å². The first kappa shape index (κ1) is 14.0. The molecule has 0 N–H and O–H groups in total. The SMILES string of the molecule is CS(=O)(=S)OCCC(=O)ON1C(=O)CCC1=O. The van der Waals surface area contributed by atoms with Crippen molar-refractivity contribution in [2.24, 2.45) is 0 Å². The molecule has 1 aliphatic heterocycles. The van der Waals surface area contributed by atoms with E-state index in [4.69, 9.17) is 0 Å². The Labute approximate surface area is 103 Å². The number of hydrogen-bond donors (Lipinski definition) is 0. The van der Waals surface area contributed by atoms with Crippen molar-refractivity contribution >= 4 is 37.7 Å². The molecule has 0 spiro atoms. The average Bonchev–Trinajstić information content (AvgIpc) is 2.47. The summed E-state index contributed by atoms with van der Waals surface area (Å²) in [7, 11) is -2.79. The van der Waals surface area contributed by atoms with E-state index >= 15 is 0 Å². The molecule has 1 saturated heterocycles. The van der Waals surface area contributed by atoms with E-state index in [-0.39, 0.29) is 25.9 Å². The summed E-state index contributed by atoms with van der Waals surface area (Å²) in [6, 6.07) is 0. The molecule has 1 rings (SSSR count). The van der Waals surface area contributed by atoms with Gasteiger partial charge in [0.25, 0.3) is 11.8 Å². The maximum atomic E-state index is 11.2. The van der Waals surface area contributed by atoms with Crippen molar-refractivity contribution < 1.29 is 27.6 Å². The van der Waals surface area contributed by atoms with Gasteiger partial charge in [-0.1, -0.05) is 0 Å². The van der Waals surface area contributed by atoms with Gasteiger partial charge >= 0.3 is 5.97 Å². The van der Waals surface area contributed by atoms with Crippen LogP contribution in [0.4, 0.5) is 0 Å². The first-order valence-corrected chi connectivity index (χ1v) is 7.52. The van der Waals surface area contributed by atoms with Crippen LogP contribution in [0.15, 0.2) is 0 Å². The third-order valence-electron chi connectivity index (χ3n) is 1.80. The predicted molar refractivity (Wildman–Crippen MR) is 59.2 cm³/mol. The van der Waals surface area contributed by atoms with Gasteiger partial charge in [-0.3, -0.25) is 13.8 Å². The lowest BCUT2D eigenvalue weighted by Gasteiger charge is -2.12. The van der Waals surface area contributed by atoms with E-state index in [0.29, 0.717) is 5.06 Å². The highest BCUT2D eigenvalue weighted by molar-refractivity contribution is 8.29. The lowest BCUT2D eigenvalue weighted by atomic mass is 10.4. The monoisotopic (exact) mass is 281 g/mol. The number of nitrogens with zero attached hydrogens (tertiary/aromatic N) is 1. The van der Waals surface area contributed by atoms with E-state index in [1.165, 1.54) is 6.26 Å². The minimum absolute atomic E-state index is 0.0392. The van der Waals surface area contributed by atoms with Crippen LogP contribution in [-0.4, -0.2) is 39.9 Å². The molecule has 0 aromatic rings. The highest BCUT2D eigenvalue weighted by Crippen LogP contribution is 2.12. The van der Waals surface area contributed by atoms with Crippen molar-refractivity contribution in [1.82, 2.24) is 5.06 Å². The van der Waals surface area contributed by atoms with Gasteiger partial charge in [0.1, 0.15) is 8.77 Å². The largest absolute Gasteiger partial charge is 0.335 e. The van der Waals surface area contributed by atoms with E-state index < -0.39 is 26.6 Å². The minimum Gasteiger partial charge on any atom is -0.330 e. The van der Waals surface area contributed by atoms with Crippen molar-refractivity contribution in [1.29, 1.82) is 0 Å². The van der Waals surface area contributed by atoms with Crippen LogP contribution in [0.2, 0.25) is 0 Å². The number of carbonyl (C=O) groups excluding carboxylic acids is 3. The van der Waals surface area contributed by atoms with E-state index in [0.717, 1.165) is 0 Å². The van der Waals surface area contributed by atoms with Crippen LogP contribution in [0.1, 0.15) is 19.3 Å². The van der Waals surface area contributed by atoms with Gasteiger partial charge in [0, 0.05) is 30.3 Å². The summed E-state index contributed by atoms with van der Waals surface area (Å²) in [6.45, 7) is -0.187. The fourth-order valence-electron chi connectivity index (χ4n) is 1.08. The second-order valence-electron chi connectivity index (χ2n) is 3.32. The molecule has 9 heteroatoms. The van der Waals surface area contributed by atoms with E-state index in [1.807, 2.05) is 0 Å². The van der Waals surface area contributed by atoms with Gasteiger partial charge in [-0.2, -0.15) is 0 Å².